The summed E-state index contributed by atoms with van der Waals surface area (Å²) < 4.78 is 8.09. The van der Waals surface area contributed by atoms with Gasteiger partial charge in [-0.25, -0.2) is 0 Å². The fourth-order valence-electron chi connectivity index (χ4n) is 3.19. The summed E-state index contributed by atoms with van der Waals surface area (Å²) in [6.45, 7) is 11.2. The summed E-state index contributed by atoms with van der Waals surface area (Å²) in [5.74, 6) is 1.60. The van der Waals surface area contributed by atoms with Crippen LogP contribution in [0.2, 0.25) is 5.02 Å². The third-order valence-corrected chi connectivity index (χ3v) is 6.10. The summed E-state index contributed by atoms with van der Waals surface area (Å²) in [4.78, 5) is 12.3. The first kappa shape index (κ1) is 24.1. The molecule has 1 atom stereocenters. The van der Waals surface area contributed by atoms with E-state index >= 15 is 0 Å². The number of carbonyl (C=O) groups is 1. The Labute approximate surface area is 198 Å². The van der Waals surface area contributed by atoms with E-state index < -0.39 is 0 Å². The molecule has 1 amide bonds. The van der Waals surface area contributed by atoms with Crippen LogP contribution in [-0.4, -0.2) is 26.4 Å². The van der Waals surface area contributed by atoms with Gasteiger partial charge in [0.2, 0.25) is 5.91 Å². The van der Waals surface area contributed by atoms with E-state index in [-0.39, 0.29) is 23.2 Å². The number of rotatable bonds is 8. The minimum absolute atomic E-state index is 0.0950. The van der Waals surface area contributed by atoms with E-state index in [1.807, 2.05) is 30.5 Å². The van der Waals surface area contributed by atoms with E-state index in [2.05, 4.69) is 48.4 Å². The number of hydrogen-bond acceptors (Lipinski definition) is 5. The number of nitrogens with zero attached hydrogens (tertiary/aromatic N) is 3. The number of amides is 1. The number of anilines is 1. The molecule has 3 rings (SSSR count). The number of hydrogen-bond donors (Lipinski definition) is 1. The quantitative estimate of drug-likeness (QED) is 0.400. The van der Waals surface area contributed by atoms with Gasteiger partial charge in [0.1, 0.15) is 5.75 Å². The van der Waals surface area contributed by atoms with Gasteiger partial charge in [0.05, 0.1) is 5.75 Å². The Kier molecular flexibility index (Phi) is 7.85. The van der Waals surface area contributed by atoms with Crippen molar-refractivity contribution in [1.82, 2.24) is 14.8 Å². The second-order valence-electron chi connectivity index (χ2n) is 8.47. The van der Waals surface area contributed by atoms with E-state index in [9.17, 15) is 4.79 Å². The Bertz CT molecular complexity index is 1060. The van der Waals surface area contributed by atoms with Crippen LogP contribution in [0, 0.1) is 0 Å². The summed E-state index contributed by atoms with van der Waals surface area (Å²) in [7, 11) is 0. The second-order valence-corrected chi connectivity index (χ2v) is 9.85. The predicted octanol–water partition coefficient (Wildman–Crippen LogP) is 6.12. The van der Waals surface area contributed by atoms with Crippen LogP contribution in [0.3, 0.4) is 0 Å². The van der Waals surface area contributed by atoms with Gasteiger partial charge >= 0.3 is 0 Å². The van der Waals surface area contributed by atoms with E-state index in [4.69, 9.17) is 16.3 Å². The van der Waals surface area contributed by atoms with E-state index in [1.54, 1.807) is 24.3 Å². The summed E-state index contributed by atoms with van der Waals surface area (Å²) >= 11 is 7.31. The minimum Gasteiger partial charge on any atom is -0.483 e. The minimum atomic E-state index is -0.280. The van der Waals surface area contributed by atoms with Crippen LogP contribution in [0.4, 0.5) is 5.69 Å². The highest BCUT2D eigenvalue weighted by atomic mass is 35.5. The highest BCUT2D eigenvalue weighted by molar-refractivity contribution is 7.99. The van der Waals surface area contributed by atoms with Crippen LogP contribution in [0.5, 0.6) is 5.75 Å². The third-order valence-electron chi connectivity index (χ3n) is 4.90. The number of halogens is 1. The fourth-order valence-corrected chi connectivity index (χ4v) is 4.19. The monoisotopic (exact) mass is 472 g/mol. The molecule has 0 radical (unpaired) electrons. The lowest BCUT2D eigenvalue weighted by atomic mass is 9.87. The molecule has 3 aromatic rings. The van der Waals surface area contributed by atoms with Crippen molar-refractivity contribution in [1.29, 1.82) is 0 Å². The lowest BCUT2D eigenvalue weighted by Gasteiger charge is -2.20. The second kappa shape index (κ2) is 10.4. The molecule has 0 aliphatic heterocycles. The average molecular weight is 473 g/mol. The number of benzene rings is 2. The molecule has 8 heteroatoms. The molecule has 2 aromatic carbocycles. The Hall–Kier alpha value is -2.51. The maximum Gasteiger partial charge on any atom is 0.234 e. The van der Waals surface area contributed by atoms with Gasteiger partial charge in [-0.1, -0.05) is 62.3 Å². The zero-order valence-electron chi connectivity index (χ0n) is 19.1. The summed E-state index contributed by atoms with van der Waals surface area (Å²) in [6, 6.07) is 15.2. The van der Waals surface area contributed by atoms with Crippen LogP contribution < -0.4 is 10.1 Å². The Morgan fingerprint density at radius 2 is 1.91 bits per heavy atom. The van der Waals surface area contributed by atoms with Gasteiger partial charge in [0.25, 0.3) is 0 Å². The number of thioether (sulfide) groups is 1. The van der Waals surface area contributed by atoms with Gasteiger partial charge < -0.3 is 14.6 Å². The zero-order chi connectivity index (χ0) is 23.3. The average Bonchev–Trinajstić information content (AvgIpc) is 3.15. The van der Waals surface area contributed by atoms with Crippen molar-refractivity contribution in [2.24, 2.45) is 0 Å². The third kappa shape index (κ3) is 6.26. The smallest absolute Gasteiger partial charge is 0.234 e. The maximum absolute atomic E-state index is 12.3. The lowest BCUT2D eigenvalue weighted by molar-refractivity contribution is -0.113. The van der Waals surface area contributed by atoms with Gasteiger partial charge in [-0.3, -0.25) is 4.79 Å². The van der Waals surface area contributed by atoms with Crippen molar-refractivity contribution in [3.05, 3.63) is 64.9 Å². The van der Waals surface area contributed by atoms with Crippen LogP contribution in [0.15, 0.2) is 53.7 Å². The number of carbonyl (C=O) groups excluding carboxylic acids is 1. The fraction of sp³-hybridized carbons (Fsp3) is 0.375. The van der Waals surface area contributed by atoms with Crippen LogP contribution in [-0.2, 0) is 16.8 Å². The largest absolute Gasteiger partial charge is 0.483 e. The number of aromatic nitrogens is 3. The predicted molar refractivity (Wildman–Crippen MR) is 131 cm³/mol. The van der Waals surface area contributed by atoms with Crippen molar-refractivity contribution >= 4 is 35.0 Å². The van der Waals surface area contributed by atoms with Crippen molar-refractivity contribution in [3.8, 4) is 5.75 Å². The maximum atomic E-state index is 12.3. The molecule has 0 spiro atoms. The molecule has 0 fully saturated rings. The first-order chi connectivity index (χ1) is 15.2. The lowest BCUT2D eigenvalue weighted by Crippen LogP contribution is -2.15. The molecule has 1 unspecified atom stereocenters. The van der Waals surface area contributed by atoms with Gasteiger partial charge in [0, 0.05) is 17.3 Å². The highest BCUT2D eigenvalue weighted by Crippen LogP contribution is 2.28. The molecule has 32 heavy (non-hydrogen) atoms. The van der Waals surface area contributed by atoms with Crippen molar-refractivity contribution in [3.63, 3.8) is 0 Å². The van der Waals surface area contributed by atoms with Crippen LogP contribution in [0.25, 0.3) is 0 Å². The van der Waals surface area contributed by atoms with Crippen molar-refractivity contribution in [2.45, 2.75) is 57.8 Å². The number of ether oxygens (including phenoxy) is 1. The molecule has 0 aliphatic carbocycles. The molecule has 1 aromatic heterocycles. The van der Waals surface area contributed by atoms with E-state index in [0.717, 1.165) is 11.6 Å². The molecule has 0 saturated heterocycles. The molecule has 0 aliphatic rings. The van der Waals surface area contributed by atoms with Gasteiger partial charge in [-0.05, 0) is 55.2 Å². The molecule has 1 heterocycles. The van der Waals surface area contributed by atoms with Gasteiger partial charge in [0.15, 0.2) is 17.1 Å². The Morgan fingerprint density at radius 1 is 1.19 bits per heavy atom. The molecular weight excluding hydrogens is 444 g/mol. The van der Waals surface area contributed by atoms with E-state index in [0.29, 0.717) is 22.4 Å². The number of nitrogens with one attached hydrogen (secondary N) is 1. The Morgan fingerprint density at radius 3 is 2.53 bits per heavy atom. The van der Waals surface area contributed by atoms with Crippen LogP contribution in [0.1, 0.15) is 52.1 Å². The first-order valence-corrected chi connectivity index (χ1v) is 11.9. The standard InChI is InChI=1S/C24H29ClN4O2S/c1-6-29-22(16(2)31-20-12-10-17(11-13-20)24(3,4)5)27-28-23(29)32-15-21(30)26-19-9-7-8-18(25)14-19/h7-14,16H,6,15H2,1-5H3,(H,26,30). The normalized spacial score (nSPS) is 12.4. The molecule has 170 valence electrons. The van der Waals surface area contributed by atoms with E-state index in [1.165, 1.54) is 17.3 Å². The molecule has 1 N–H and O–H groups in total. The van der Waals surface area contributed by atoms with Crippen LogP contribution >= 0.6 is 23.4 Å². The summed E-state index contributed by atoms with van der Waals surface area (Å²) in [5, 5.41) is 12.7. The molecular formula is C24H29ClN4O2S. The topological polar surface area (TPSA) is 69.0 Å². The summed E-state index contributed by atoms with van der Waals surface area (Å²) in [5.41, 5.74) is 2.02. The molecule has 6 nitrogen and oxygen atoms in total. The van der Waals surface area contributed by atoms with Crippen molar-refractivity contribution < 1.29 is 9.53 Å². The highest BCUT2D eigenvalue weighted by Gasteiger charge is 2.20. The SMILES string of the molecule is CCn1c(SCC(=O)Nc2cccc(Cl)c2)nnc1C(C)Oc1ccc(C(C)(C)C)cc1. The zero-order valence-corrected chi connectivity index (χ0v) is 20.6. The molecule has 0 bridgehead atoms. The first-order valence-electron chi connectivity index (χ1n) is 10.6. The summed E-state index contributed by atoms with van der Waals surface area (Å²) in [6.07, 6.45) is -0.280. The Balaban J connectivity index is 1.62. The molecule has 0 saturated carbocycles. The van der Waals surface area contributed by atoms with Crippen molar-refractivity contribution in [2.75, 3.05) is 11.1 Å². The van der Waals surface area contributed by atoms with Gasteiger partial charge in [-0.2, -0.15) is 0 Å². The van der Waals surface area contributed by atoms with Gasteiger partial charge in [-0.15, -0.1) is 10.2 Å².